The molecule has 1 aromatic heterocycles. The molecule has 1 aliphatic heterocycles. The van der Waals surface area contributed by atoms with Gasteiger partial charge in [-0.05, 0) is 19.8 Å². The molecule has 0 bridgehead atoms. The molecule has 6 nitrogen and oxygen atoms in total. The molecular weight excluding hydrogens is 254 g/mol. The van der Waals surface area contributed by atoms with Gasteiger partial charge in [0.05, 0.1) is 0 Å². The second-order valence-electron chi connectivity index (χ2n) is 4.10. The lowest BCUT2D eigenvalue weighted by atomic mass is 10.00. The highest BCUT2D eigenvalue weighted by atomic mass is 32.1. The highest BCUT2D eigenvalue weighted by molar-refractivity contribution is 7.14. The van der Waals surface area contributed by atoms with Gasteiger partial charge < -0.3 is 15.3 Å². The van der Waals surface area contributed by atoms with E-state index in [0.29, 0.717) is 29.8 Å². The summed E-state index contributed by atoms with van der Waals surface area (Å²) in [5.74, 6) is -0.0171. The van der Waals surface area contributed by atoms with Crippen molar-refractivity contribution in [2.45, 2.75) is 19.8 Å². The molecule has 1 aromatic rings. The zero-order chi connectivity index (χ0) is 13.0. The lowest BCUT2D eigenvalue weighted by Crippen LogP contribution is -2.28. The van der Waals surface area contributed by atoms with Crippen LogP contribution in [0.25, 0.3) is 0 Å². The van der Waals surface area contributed by atoms with Crippen LogP contribution in [0.5, 0.6) is 0 Å². The third kappa shape index (κ3) is 3.05. The fourth-order valence-corrected chi connectivity index (χ4v) is 2.47. The molecule has 0 aromatic carbocycles. The van der Waals surface area contributed by atoms with E-state index in [2.05, 4.69) is 15.5 Å². The van der Waals surface area contributed by atoms with Gasteiger partial charge in [-0.2, -0.15) is 0 Å². The number of nitrogens with one attached hydrogen (secondary N) is 1. The summed E-state index contributed by atoms with van der Waals surface area (Å²) in [5.41, 5.74) is 1.00. The maximum absolute atomic E-state index is 11.9. The van der Waals surface area contributed by atoms with Gasteiger partial charge in [-0.1, -0.05) is 5.16 Å². The van der Waals surface area contributed by atoms with Crippen LogP contribution in [-0.2, 0) is 9.53 Å². The number of rotatable bonds is 3. The molecule has 2 heterocycles. The predicted molar refractivity (Wildman–Crippen MR) is 68.3 cm³/mol. The SMILES string of the molecule is CC(=NO)c1csc(NC(=O)C2CCOCC2)n1. The summed E-state index contributed by atoms with van der Waals surface area (Å²) in [5, 5.41) is 16.8. The van der Waals surface area contributed by atoms with Gasteiger partial charge in [-0.25, -0.2) is 4.98 Å². The van der Waals surface area contributed by atoms with Crippen molar-refractivity contribution in [3.8, 4) is 0 Å². The van der Waals surface area contributed by atoms with E-state index in [9.17, 15) is 4.79 Å². The number of amides is 1. The number of oxime groups is 1. The second-order valence-corrected chi connectivity index (χ2v) is 4.96. The van der Waals surface area contributed by atoms with E-state index in [0.717, 1.165) is 12.8 Å². The Bertz CT molecular complexity index is 452. The number of carbonyl (C=O) groups is 1. The summed E-state index contributed by atoms with van der Waals surface area (Å²) >= 11 is 1.32. The van der Waals surface area contributed by atoms with E-state index in [-0.39, 0.29) is 11.8 Å². The number of anilines is 1. The number of aromatic nitrogens is 1. The van der Waals surface area contributed by atoms with E-state index in [4.69, 9.17) is 9.94 Å². The first-order chi connectivity index (χ1) is 8.70. The topological polar surface area (TPSA) is 83.8 Å². The number of carbonyl (C=O) groups excluding carboxylic acids is 1. The summed E-state index contributed by atoms with van der Waals surface area (Å²) in [6, 6.07) is 0. The van der Waals surface area contributed by atoms with Crippen LogP contribution in [0.3, 0.4) is 0 Å². The lowest BCUT2D eigenvalue weighted by Gasteiger charge is -2.20. The number of hydrogen-bond donors (Lipinski definition) is 2. The molecular formula is C11H15N3O3S. The van der Waals surface area contributed by atoms with Crippen molar-refractivity contribution in [3.05, 3.63) is 11.1 Å². The van der Waals surface area contributed by atoms with Gasteiger partial charge in [-0.3, -0.25) is 4.79 Å². The van der Waals surface area contributed by atoms with Gasteiger partial charge in [-0.15, -0.1) is 11.3 Å². The number of nitrogens with zero attached hydrogens (tertiary/aromatic N) is 2. The second kappa shape index (κ2) is 5.92. The van der Waals surface area contributed by atoms with Gasteiger partial charge >= 0.3 is 0 Å². The molecule has 0 spiro atoms. The zero-order valence-corrected chi connectivity index (χ0v) is 10.9. The normalized spacial score (nSPS) is 17.7. The van der Waals surface area contributed by atoms with Crippen molar-refractivity contribution in [2.24, 2.45) is 11.1 Å². The van der Waals surface area contributed by atoms with Crippen molar-refractivity contribution in [1.29, 1.82) is 0 Å². The molecule has 0 saturated carbocycles. The first-order valence-electron chi connectivity index (χ1n) is 5.74. The van der Waals surface area contributed by atoms with E-state index < -0.39 is 0 Å². The molecule has 0 radical (unpaired) electrons. The Morgan fingerprint density at radius 2 is 2.33 bits per heavy atom. The number of thiazole rings is 1. The van der Waals surface area contributed by atoms with Gasteiger partial charge in [0, 0.05) is 24.5 Å². The van der Waals surface area contributed by atoms with E-state index >= 15 is 0 Å². The minimum absolute atomic E-state index is 0.00120. The summed E-state index contributed by atoms with van der Waals surface area (Å²) < 4.78 is 5.21. The van der Waals surface area contributed by atoms with Crippen LogP contribution in [0.2, 0.25) is 0 Å². The van der Waals surface area contributed by atoms with E-state index in [1.165, 1.54) is 11.3 Å². The van der Waals surface area contributed by atoms with Crippen LogP contribution in [0.15, 0.2) is 10.5 Å². The van der Waals surface area contributed by atoms with Crippen LogP contribution >= 0.6 is 11.3 Å². The summed E-state index contributed by atoms with van der Waals surface area (Å²) in [6.45, 7) is 2.92. The Labute approximate surface area is 109 Å². The van der Waals surface area contributed by atoms with Crippen molar-refractivity contribution in [3.63, 3.8) is 0 Å². The van der Waals surface area contributed by atoms with Gasteiger partial charge in [0.15, 0.2) is 5.13 Å². The third-order valence-corrected chi connectivity index (χ3v) is 3.60. The summed E-state index contributed by atoms with van der Waals surface area (Å²) in [7, 11) is 0. The molecule has 18 heavy (non-hydrogen) atoms. The highest BCUT2D eigenvalue weighted by Crippen LogP contribution is 2.20. The Morgan fingerprint density at radius 1 is 1.61 bits per heavy atom. The summed E-state index contributed by atoms with van der Waals surface area (Å²) in [6.07, 6.45) is 1.50. The molecule has 0 atom stereocenters. The fraction of sp³-hybridized carbons (Fsp3) is 0.545. The van der Waals surface area contributed by atoms with Gasteiger partial charge in [0.2, 0.25) is 5.91 Å². The van der Waals surface area contributed by atoms with Crippen LogP contribution in [-0.4, -0.2) is 35.0 Å². The molecule has 2 rings (SSSR count). The Hall–Kier alpha value is -1.47. The van der Waals surface area contributed by atoms with E-state index in [1.807, 2.05) is 0 Å². The van der Waals surface area contributed by atoms with Crippen LogP contribution in [0.1, 0.15) is 25.5 Å². The van der Waals surface area contributed by atoms with Crippen LogP contribution < -0.4 is 5.32 Å². The molecule has 1 amide bonds. The summed E-state index contributed by atoms with van der Waals surface area (Å²) in [4.78, 5) is 16.1. The first kappa shape index (κ1) is 13.0. The minimum atomic E-state index is -0.0159. The smallest absolute Gasteiger partial charge is 0.229 e. The average molecular weight is 269 g/mol. The fourth-order valence-electron chi connectivity index (χ4n) is 1.72. The standard InChI is InChI=1S/C11H15N3O3S/c1-7(14-16)9-6-18-11(12-9)13-10(15)8-2-4-17-5-3-8/h6,8,16H,2-5H2,1H3,(H,12,13,15). The van der Waals surface area contributed by atoms with Crippen molar-refractivity contribution < 1.29 is 14.7 Å². The lowest BCUT2D eigenvalue weighted by molar-refractivity contribution is -0.122. The van der Waals surface area contributed by atoms with Gasteiger partial charge in [0.1, 0.15) is 11.4 Å². The molecule has 1 fully saturated rings. The molecule has 98 valence electrons. The molecule has 2 N–H and O–H groups in total. The predicted octanol–water partition coefficient (Wildman–Crippen LogP) is 1.71. The number of ether oxygens (including phenoxy) is 1. The van der Waals surface area contributed by atoms with Crippen LogP contribution in [0, 0.1) is 5.92 Å². The molecule has 1 aliphatic rings. The van der Waals surface area contributed by atoms with Crippen molar-refractivity contribution in [2.75, 3.05) is 18.5 Å². The van der Waals surface area contributed by atoms with Crippen molar-refractivity contribution in [1.82, 2.24) is 4.98 Å². The quantitative estimate of drug-likeness (QED) is 0.497. The largest absolute Gasteiger partial charge is 0.411 e. The highest BCUT2D eigenvalue weighted by Gasteiger charge is 2.22. The van der Waals surface area contributed by atoms with Gasteiger partial charge in [0.25, 0.3) is 0 Å². The zero-order valence-electron chi connectivity index (χ0n) is 10.0. The Morgan fingerprint density at radius 3 is 3.00 bits per heavy atom. The van der Waals surface area contributed by atoms with Crippen LogP contribution in [0.4, 0.5) is 5.13 Å². The monoisotopic (exact) mass is 269 g/mol. The first-order valence-corrected chi connectivity index (χ1v) is 6.62. The molecule has 7 heteroatoms. The third-order valence-electron chi connectivity index (χ3n) is 2.85. The maximum atomic E-state index is 11.9. The Kier molecular flexibility index (Phi) is 4.27. The molecule has 0 aliphatic carbocycles. The number of hydrogen-bond acceptors (Lipinski definition) is 6. The Balaban J connectivity index is 1.96. The van der Waals surface area contributed by atoms with Crippen molar-refractivity contribution >= 4 is 28.1 Å². The molecule has 0 unspecified atom stereocenters. The molecule has 1 saturated heterocycles. The average Bonchev–Trinajstić information content (AvgIpc) is 2.87. The maximum Gasteiger partial charge on any atom is 0.229 e. The minimum Gasteiger partial charge on any atom is -0.411 e. The van der Waals surface area contributed by atoms with E-state index in [1.54, 1.807) is 12.3 Å².